The Labute approximate surface area is 224 Å². The Balaban J connectivity index is 1.41. The Morgan fingerprint density at radius 1 is 0.872 bits per heavy atom. The number of amides is 3. The van der Waals surface area contributed by atoms with Crippen molar-refractivity contribution in [2.24, 2.45) is 0 Å². The molecule has 2 N–H and O–H groups in total. The van der Waals surface area contributed by atoms with E-state index in [2.05, 4.69) is 5.32 Å². The molecule has 8 nitrogen and oxygen atoms in total. The molecule has 0 aliphatic carbocycles. The molecular formula is C29H27F2N5O3. The third kappa shape index (κ3) is 4.85. The number of halogens is 2. The van der Waals surface area contributed by atoms with Gasteiger partial charge in [0, 0.05) is 38.7 Å². The number of rotatable bonds is 5. The number of carbonyl (C=O) groups is 3. The smallest absolute Gasteiger partial charge is 0.264 e. The summed E-state index contributed by atoms with van der Waals surface area (Å²) in [6.07, 6.45) is 0. The molecule has 0 spiro atoms. The van der Waals surface area contributed by atoms with Gasteiger partial charge >= 0.3 is 0 Å². The summed E-state index contributed by atoms with van der Waals surface area (Å²) in [5.41, 5.74) is 0.334. The normalized spacial score (nSPS) is 16.8. The number of nitrogens with zero attached hydrogens (tertiary/aromatic N) is 3. The lowest BCUT2D eigenvalue weighted by atomic mass is 9.82. The van der Waals surface area contributed by atoms with E-state index in [1.807, 2.05) is 0 Å². The molecule has 0 unspecified atom stereocenters. The van der Waals surface area contributed by atoms with Crippen molar-refractivity contribution in [1.29, 1.82) is 5.41 Å². The first-order valence-electron chi connectivity index (χ1n) is 12.5. The molecule has 10 heteroatoms. The van der Waals surface area contributed by atoms with Crippen LogP contribution in [0.15, 0.2) is 72.8 Å². The van der Waals surface area contributed by atoms with E-state index in [0.717, 1.165) is 0 Å². The maximum atomic E-state index is 14.0. The van der Waals surface area contributed by atoms with Crippen molar-refractivity contribution in [2.75, 3.05) is 26.2 Å². The van der Waals surface area contributed by atoms with E-state index in [4.69, 9.17) is 5.41 Å². The topological polar surface area (TPSA) is 96.8 Å². The summed E-state index contributed by atoms with van der Waals surface area (Å²) in [4.78, 5) is 43.4. The minimum Gasteiger partial charge on any atom is -0.339 e. The number of piperazine rings is 1. The van der Waals surface area contributed by atoms with Crippen molar-refractivity contribution in [2.45, 2.75) is 19.0 Å². The van der Waals surface area contributed by atoms with Crippen molar-refractivity contribution in [3.05, 3.63) is 107 Å². The van der Waals surface area contributed by atoms with Gasteiger partial charge in [-0.1, -0.05) is 36.4 Å². The molecule has 200 valence electrons. The number of benzene rings is 3. The molecule has 0 saturated carbocycles. The average molecular weight is 532 g/mol. The molecule has 2 aliphatic heterocycles. The van der Waals surface area contributed by atoms with Crippen LogP contribution in [0.2, 0.25) is 0 Å². The minimum absolute atomic E-state index is 0.00798. The van der Waals surface area contributed by atoms with Crippen LogP contribution in [0.3, 0.4) is 0 Å². The average Bonchev–Trinajstić information content (AvgIpc) is 3.19. The number of hydrogen-bond donors (Lipinski definition) is 2. The first-order chi connectivity index (χ1) is 18.7. The van der Waals surface area contributed by atoms with Crippen LogP contribution in [0, 0.1) is 17.0 Å². The molecule has 0 atom stereocenters. The molecular weight excluding hydrogens is 504 g/mol. The largest absolute Gasteiger partial charge is 0.339 e. The SMILES string of the molecule is CC(=O)N1CCN(C(=O)c2cccc(CN3C(=N)NC(c4ccc(F)cc4)(c4ccc(F)cc4)C3=O)c2)CC1. The number of guanidine groups is 1. The van der Waals surface area contributed by atoms with Gasteiger partial charge in [-0.2, -0.15) is 0 Å². The molecule has 2 heterocycles. The van der Waals surface area contributed by atoms with Gasteiger partial charge in [0.05, 0.1) is 6.54 Å². The molecule has 5 rings (SSSR count). The zero-order chi connectivity index (χ0) is 27.7. The van der Waals surface area contributed by atoms with Crippen LogP contribution >= 0.6 is 0 Å². The van der Waals surface area contributed by atoms with Crippen molar-refractivity contribution >= 4 is 23.7 Å². The van der Waals surface area contributed by atoms with Crippen molar-refractivity contribution in [1.82, 2.24) is 20.0 Å². The molecule has 3 amide bonds. The highest BCUT2D eigenvalue weighted by Gasteiger charge is 2.52. The third-order valence-electron chi connectivity index (χ3n) is 7.22. The zero-order valence-corrected chi connectivity index (χ0v) is 21.3. The summed E-state index contributed by atoms with van der Waals surface area (Å²) in [6.45, 7) is 3.32. The van der Waals surface area contributed by atoms with Gasteiger partial charge in [0.15, 0.2) is 11.5 Å². The summed E-state index contributed by atoms with van der Waals surface area (Å²) < 4.78 is 27.5. The fourth-order valence-electron chi connectivity index (χ4n) is 5.10. The zero-order valence-electron chi connectivity index (χ0n) is 21.3. The summed E-state index contributed by atoms with van der Waals surface area (Å²) >= 11 is 0. The van der Waals surface area contributed by atoms with E-state index < -0.39 is 23.1 Å². The van der Waals surface area contributed by atoms with Crippen LogP contribution in [0.4, 0.5) is 8.78 Å². The molecule has 0 aromatic heterocycles. The Bertz CT molecular complexity index is 1390. The summed E-state index contributed by atoms with van der Waals surface area (Å²) in [7, 11) is 0. The summed E-state index contributed by atoms with van der Waals surface area (Å²) in [5, 5.41) is 11.6. The van der Waals surface area contributed by atoms with Crippen molar-refractivity contribution in [3.8, 4) is 0 Å². The maximum Gasteiger partial charge on any atom is 0.264 e. The summed E-state index contributed by atoms with van der Waals surface area (Å²) in [5.74, 6) is -1.81. The molecule has 0 radical (unpaired) electrons. The summed E-state index contributed by atoms with van der Waals surface area (Å²) in [6, 6.07) is 17.6. The number of hydrogen-bond acceptors (Lipinski definition) is 4. The van der Waals surface area contributed by atoms with Gasteiger partial charge in [-0.3, -0.25) is 24.7 Å². The molecule has 0 bridgehead atoms. The Morgan fingerprint density at radius 2 is 1.41 bits per heavy atom. The quantitative estimate of drug-likeness (QED) is 0.529. The van der Waals surface area contributed by atoms with E-state index in [-0.39, 0.29) is 24.3 Å². The van der Waals surface area contributed by atoms with E-state index in [1.165, 1.54) is 60.4 Å². The minimum atomic E-state index is -1.55. The van der Waals surface area contributed by atoms with E-state index in [0.29, 0.717) is 48.4 Å². The lowest BCUT2D eigenvalue weighted by molar-refractivity contribution is -0.131. The maximum absolute atomic E-state index is 14.0. The fraction of sp³-hybridized carbons (Fsp3) is 0.241. The van der Waals surface area contributed by atoms with Gasteiger partial charge < -0.3 is 15.1 Å². The Hall–Kier alpha value is -4.60. The molecule has 2 fully saturated rings. The van der Waals surface area contributed by atoms with Crippen LogP contribution in [-0.2, 0) is 21.7 Å². The lowest BCUT2D eigenvalue weighted by Gasteiger charge is -2.34. The van der Waals surface area contributed by atoms with Gasteiger partial charge in [0.2, 0.25) is 5.91 Å². The first kappa shape index (κ1) is 26.0. The monoisotopic (exact) mass is 531 g/mol. The molecule has 2 aliphatic rings. The molecule has 3 aromatic carbocycles. The van der Waals surface area contributed by atoms with Crippen LogP contribution in [0.5, 0.6) is 0 Å². The molecule has 39 heavy (non-hydrogen) atoms. The lowest BCUT2D eigenvalue weighted by Crippen LogP contribution is -2.50. The van der Waals surface area contributed by atoms with Crippen LogP contribution in [-0.4, -0.2) is 64.6 Å². The van der Waals surface area contributed by atoms with Crippen LogP contribution in [0.25, 0.3) is 0 Å². The van der Waals surface area contributed by atoms with Crippen LogP contribution < -0.4 is 5.32 Å². The van der Waals surface area contributed by atoms with E-state index in [1.54, 1.807) is 34.1 Å². The Morgan fingerprint density at radius 3 is 1.95 bits per heavy atom. The highest BCUT2D eigenvalue weighted by atomic mass is 19.1. The second kappa shape index (κ2) is 10.3. The van der Waals surface area contributed by atoms with Gasteiger partial charge in [0.1, 0.15) is 11.6 Å². The van der Waals surface area contributed by atoms with Crippen LogP contribution in [0.1, 0.15) is 34.0 Å². The van der Waals surface area contributed by atoms with E-state index >= 15 is 0 Å². The molecule has 3 aromatic rings. The molecule has 2 saturated heterocycles. The fourth-order valence-corrected chi connectivity index (χ4v) is 5.10. The second-order valence-corrected chi connectivity index (χ2v) is 9.63. The van der Waals surface area contributed by atoms with Crippen molar-refractivity contribution in [3.63, 3.8) is 0 Å². The van der Waals surface area contributed by atoms with Crippen molar-refractivity contribution < 1.29 is 23.2 Å². The highest BCUT2D eigenvalue weighted by Crippen LogP contribution is 2.36. The number of nitrogens with one attached hydrogen (secondary N) is 2. The van der Waals surface area contributed by atoms with Gasteiger partial charge in [-0.05, 0) is 53.1 Å². The third-order valence-corrected chi connectivity index (χ3v) is 7.22. The first-order valence-corrected chi connectivity index (χ1v) is 12.5. The van der Waals surface area contributed by atoms with Gasteiger partial charge in [-0.15, -0.1) is 0 Å². The van der Waals surface area contributed by atoms with Gasteiger partial charge in [0.25, 0.3) is 11.8 Å². The van der Waals surface area contributed by atoms with E-state index in [9.17, 15) is 23.2 Å². The standard InChI is InChI=1S/C29H27F2N5O3/c1-19(37)34-13-15-35(16-14-34)26(38)21-4-2-3-20(17-21)18-36-27(39)29(33-28(36)32,22-5-9-24(30)10-6-22)23-7-11-25(31)12-8-23/h2-12,17H,13-16,18H2,1H3,(H2,32,33). The van der Waals surface area contributed by atoms with Gasteiger partial charge in [-0.25, -0.2) is 8.78 Å². The highest BCUT2D eigenvalue weighted by molar-refractivity contribution is 6.10. The predicted molar refractivity (Wildman–Crippen MR) is 140 cm³/mol. The Kier molecular flexibility index (Phi) is 6.86. The predicted octanol–water partition coefficient (Wildman–Crippen LogP) is 3.08. The number of carbonyl (C=O) groups excluding carboxylic acids is 3. The second-order valence-electron chi connectivity index (χ2n) is 9.63.